The highest BCUT2D eigenvalue weighted by atomic mass is 16.4. The number of benzene rings is 2. The first-order valence-corrected chi connectivity index (χ1v) is 9.27. The van der Waals surface area contributed by atoms with Gasteiger partial charge in [-0.25, -0.2) is 4.79 Å². The van der Waals surface area contributed by atoms with E-state index in [1.807, 2.05) is 24.3 Å². The molecular weight excluding hydrogens is 356 g/mol. The van der Waals surface area contributed by atoms with Gasteiger partial charge in [-0.1, -0.05) is 30.3 Å². The molecule has 1 aliphatic heterocycles. The summed E-state index contributed by atoms with van der Waals surface area (Å²) < 4.78 is 0. The van der Waals surface area contributed by atoms with Crippen molar-refractivity contribution in [2.75, 3.05) is 13.1 Å². The van der Waals surface area contributed by atoms with Crippen LogP contribution in [0.25, 0.3) is 10.9 Å². The second-order valence-electron chi connectivity index (χ2n) is 7.11. The molecule has 4 rings (SSSR count). The van der Waals surface area contributed by atoms with E-state index in [2.05, 4.69) is 4.98 Å². The normalized spacial score (nSPS) is 16.9. The maximum absolute atomic E-state index is 13.2. The van der Waals surface area contributed by atoms with Gasteiger partial charge < -0.3 is 15.0 Å². The molecule has 1 fully saturated rings. The van der Waals surface area contributed by atoms with Crippen LogP contribution in [0.4, 0.5) is 0 Å². The van der Waals surface area contributed by atoms with Crippen LogP contribution in [0.5, 0.6) is 0 Å². The second-order valence-corrected chi connectivity index (χ2v) is 7.11. The summed E-state index contributed by atoms with van der Waals surface area (Å²) in [5.41, 5.74) is 1.92. The van der Waals surface area contributed by atoms with E-state index in [0.717, 1.165) is 23.8 Å². The number of carbonyl (C=O) groups is 2. The molecule has 0 radical (unpaired) electrons. The third kappa shape index (κ3) is 3.41. The minimum atomic E-state index is -0.958. The molecule has 2 heterocycles. The van der Waals surface area contributed by atoms with Crippen molar-refractivity contribution in [3.05, 3.63) is 81.6 Å². The van der Waals surface area contributed by atoms with E-state index in [1.54, 1.807) is 29.2 Å². The lowest BCUT2D eigenvalue weighted by molar-refractivity contribution is 0.0688. The molecule has 1 aliphatic rings. The van der Waals surface area contributed by atoms with E-state index in [1.165, 1.54) is 6.07 Å². The molecule has 6 nitrogen and oxygen atoms in total. The molecule has 0 unspecified atom stereocenters. The van der Waals surface area contributed by atoms with Crippen LogP contribution in [0.1, 0.15) is 45.0 Å². The van der Waals surface area contributed by atoms with Gasteiger partial charge in [-0.05, 0) is 36.6 Å². The molecule has 6 heteroatoms. The number of amides is 1. The predicted octanol–water partition coefficient (Wildman–Crippen LogP) is 3.25. The van der Waals surface area contributed by atoms with E-state index in [0.29, 0.717) is 24.2 Å². The molecule has 0 spiro atoms. The number of carboxylic acid groups (broad SMARTS) is 1. The molecule has 3 aromatic rings. The van der Waals surface area contributed by atoms with Gasteiger partial charge in [-0.2, -0.15) is 0 Å². The van der Waals surface area contributed by atoms with Crippen LogP contribution in [0.15, 0.2) is 59.4 Å². The first-order chi connectivity index (χ1) is 13.5. The zero-order valence-electron chi connectivity index (χ0n) is 15.2. The number of fused-ring (bicyclic) bond motifs is 1. The summed E-state index contributed by atoms with van der Waals surface area (Å²) in [4.78, 5) is 41.0. The standard InChI is InChI=1S/C22H20N2O4/c25-20-12-18(17-8-1-2-9-19(17)23-20)21(26)24-10-4-7-16(13-24)14-5-3-6-15(11-14)22(27)28/h1-3,5-6,8-9,11-12,16H,4,7,10,13H2,(H,23,25)(H,27,28)/t16-/m0/s1. The molecule has 1 amide bonds. The van der Waals surface area contributed by atoms with Crippen LogP contribution >= 0.6 is 0 Å². The SMILES string of the molecule is O=C(O)c1cccc([C@H]2CCCN(C(=O)c3cc(=O)[nH]c4ccccc34)C2)c1. The molecule has 1 aromatic heterocycles. The highest BCUT2D eigenvalue weighted by Crippen LogP contribution is 2.29. The number of pyridine rings is 1. The molecule has 28 heavy (non-hydrogen) atoms. The van der Waals surface area contributed by atoms with Gasteiger partial charge in [0, 0.05) is 36.0 Å². The number of rotatable bonds is 3. The maximum Gasteiger partial charge on any atom is 0.335 e. The van der Waals surface area contributed by atoms with E-state index >= 15 is 0 Å². The Morgan fingerprint density at radius 1 is 1.07 bits per heavy atom. The number of hydrogen-bond acceptors (Lipinski definition) is 3. The average molecular weight is 376 g/mol. The van der Waals surface area contributed by atoms with Crippen LogP contribution in [0.3, 0.4) is 0 Å². The number of piperidine rings is 1. The molecule has 2 N–H and O–H groups in total. The van der Waals surface area contributed by atoms with Crippen molar-refractivity contribution < 1.29 is 14.7 Å². The molecule has 1 saturated heterocycles. The molecule has 2 aromatic carbocycles. The number of aromatic amines is 1. The van der Waals surface area contributed by atoms with Crippen molar-refractivity contribution in [3.8, 4) is 0 Å². The van der Waals surface area contributed by atoms with Crippen LogP contribution in [-0.4, -0.2) is 40.0 Å². The van der Waals surface area contributed by atoms with E-state index in [-0.39, 0.29) is 22.9 Å². The third-order valence-corrected chi connectivity index (χ3v) is 5.29. The van der Waals surface area contributed by atoms with Crippen LogP contribution in [0, 0.1) is 0 Å². The van der Waals surface area contributed by atoms with Gasteiger partial charge in [0.1, 0.15) is 0 Å². The molecule has 0 bridgehead atoms. The maximum atomic E-state index is 13.2. The quantitative estimate of drug-likeness (QED) is 0.734. The van der Waals surface area contributed by atoms with Gasteiger partial charge in [0.15, 0.2) is 0 Å². The fraction of sp³-hybridized carbons (Fsp3) is 0.227. The van der Waals surface area contributed by atoms with Crippen LogP contribution in [-0.2, 0) is 0 Å². The summed E-state index contributed by atoms with van der Waals surface area (Å²) in [6.45, 7) is 1.12. The molecule has 0 saturated carbocycles. The molecule has 142 valence electrons. The monoisotopic (exact) mass is 376 g/mol. The Kier molecular flexibility index (Phi) is 4.69. The van der Waals surface area contributed by atoms with E-state index in [9.17, 15) is 19.5 Å². The third-order valence-electron chi connectivity index (χ3n) is 5.29. The number of H-pyrrole nitrogens is 1. The minimum Gasteiger partial charge on any atom is -0.478 e. The number of aromatic nitrogens is 1. The minimum absolute atomic E-state index is 0.0743. The Morgan fingerprint density at radius 3 is 2.71 bits per heavy atom. The van der Waals surface area contributed by atoms with E-state index < -0.39 is 5.97 Å². The summed E-state index contributed by atoms with van der Waals surface area (Å²) in [6, 6.07) is 15.5. The first kappa shape index (κ1) is 18.0. The van der Waals surface area contributed by atoms with Crippen molar-refractivity contribution in [2.24, 2.45) is 0 Å². The number of para-hydroxylation sites is 1. The number of carboxylic acids is 1. The topological polar surface area (TPSA) is 90.5 Å². The fourth-order valence-corrected chi connectivity index (χ4v) is 3.91. The van der Waals surface area contributed by atoms with Crippen LogP contribution in [0.2, 0.25) is 0 Å². The Hall–Kier alpha value is -3.41. The van der Waals surface area contributed by atoms with Crippen molar-refractivity contribution in [1.82, 2.24) is 9.88 Å². The summed E-state index contributed by atoms with van der Waals surface area (Å²) >= 11 is 0. The highest BCUT2D eigenvalue weighted by Gasteiger charge is 2.27. The smallest absolute Gasteiger partial charge is 0.335 e. The lowest BCUT2D eigenvalue weighted by Crippen LogP contribution is -2.39. The van der Waals surface area contributed by atoms with Crippen molar-refractivity contribution >= 4 is 22.8 Å². The van der Waals surface area contributed by atoms with Crippen LogP contribution < -0.4 is 5.56 Å². The Balaban J connectivity index is 1.64. The number of hydrogen-bond donors (Lipinski definition) is 2. The highest BCUT2D eigenvalue weighted by molar-refractivity contribution is 6.06. The van der Waals surface area contributed by atoms with Crippen molar-refractivity contribution in [1.29, 1.82) is 0 Å². The van der Waals surface area contributed by atoms with Gasteiger partial charge >= 0.3 is 5.97 Å². The zero-order chi connectivity index (χ0) is 19.7. The fourth-order valence-electron chi connectivity index (χ4n) is 3.91. The van der Waals surface area contributed by atoms with Gasteiger partial charge in [0.05, 0.1) is 11.1 Å². The Morgan fingerprint density at radius 2 is 1.89 bits per heavy atom. The summed E-state index contributed by atoms with van der Waals surface area (Å²) in [6.07, 6.45) is 1.72. The molecule has 1 atom stereocenters. The summed E-state index contributed by atoms with van der Waals surface area (Å²) in [5.74, 6) is -1.05. The number of aromatic carboxylic acids is 1. The number of nitrogens with one attached hydrogen (secondary N) is 1. The number of nitrogens with zero attached hydrogens (tertiary/aromatic N) is 1. The van der Waals surface area contributed by atoms with E-state index in [4.69, 9.17) is 0 Å². The lowest BCUT2D eigenvalue weighted by atomic mass is 9.89. The first-order valence-electron chi connectivity index (χ1n) is 9.27. The summed E-state index contributed by atoms with van der Waals surface area (Å²) in [5, 5.41) is 9.95. The van der Waals surface area contributed by atoms with Gasteiger partial charge in [-0.15, -0.1) is 0 Å². The zero-order valence-corrected chi connectivity index (χ0v) is 15.2. The Bertz CT molecular complexity index is 1120. The van der Waals surface area contributed by atoms with Crippen molar-refractivity contribution in [3.63, 3.8) is 0 Å². The molecule has 0 aliphatic carbocycles. The van der Waals surface area contributed by atoms with Gasteiger partial charge in [-0.3, -0.25) is 9.59 Å². The Labute approximate surface area is 161 Å². The number of likely N-dealkylation sites (tertiary alicyclic amines) is 1. The van der Waals surface area contributed by atoms with Gasteiger partial charge in [0.25, 0.3) is 5.91 Å². The second kappa shape index (κ2) is 7.31. The molecular formula is C22H20N2O4. The van der Waals surface area contributed by atoms with Gasteiger partial charge in [0.2, 0.25) is 5.56 Å². The average Bonchev–Trinajstić information content (AvgIpc) is 2.72. The van der Waals surface area contributed by atoms with Crippen molar-refractivity contribution in [2.45, 2.75) is 18.8 Å². The largest absolute Gasteiger partial charge is 0.478 e. The number of carbonyl (C=O) groups excluding carboxylic acids is 1. The summed E-state index contributed by atoms with van der Waals surface area (Å²) in [7, 11) is 0. The predicted molar refractivity (Wildman–Crippen MR) is 106 cm³/mol. The lowest BCUT2D eigenvalue weighted by Gasteiger charge is -2.33.